The number of amides is 3. The monoisotopic (exact) mass is 540 g/mol. The molecular formula is C27H33FN6O5. The molecule has 1 aromatic heterocycles. The summed E-state index contributed by atoms with van der Waals surface area (Å²) in [5.41, 5.74) is 1.38. The van der Waals surface area contributed by atoms with Gasteiger partial charge in [0.1, 0.15) is 17.7 Å². The Hall–Kier alpha value is -3.77. The van der Waals surface area contributed by atoms with Crippen molar-refractivity contribution in [3.8, 4) is 11.1 Å². The summed E-state index contributed by atoms with van der Waals surface area (Å²) >= 11 is 0. The van der Waals surface area contributed by atoms with Gasteiger partial charge in [0.05, 0.1) is 38.5 Å². The summed E-state index contributed by atoms with van der Waals surface area (Å²) in [6.45, 7) is 7.79. The van der Waals surface area contributed by atoms with E-state index in [9.17, 15) is 14.4 Å². The highest BCUT2D eigenvalue weighted by Gasteiger charge is 2.33. The molecule has 2 aromatic rings. The van der Waals surface area contributed by atoms with E-state index in [1.54, 1.807) is 18.3 Å². The van der Waals surface area contributed by atoms with Crippen LogP contribution in [0.5, 0.6) is 0 Å². The van der Waals surface area contributed by atoms with Crippen LogP contribution in [0.3, 0.4) is 0 Å². The summed E-state index contributed by atoms with van der Waals surface area (Å²) in [6, 6.07) is 8.27. The van der Waals surface area contributed by atoms with Gasteiger partial charge in [0.2, 0.25) is 11.8 Å². The molecule has 0 radical (unpaired) electrons. The first-order chi connectivity index (χ1) is 18.9. The largest absolute Gasteiger partial charge is 0.442 e. The summed E-state index contributed by atoms with van der Waals surface area (Å²) in [5.74, 6) is 0.231. The minimum atomic E-state index is -0.577. The molecule has 208 valence electrons. The van der Waals surface area contributed by atoms with Gasteiger partial charge >= 0.3 is 6.09 Å². The number of benzene rings is 1. The molecule has 0 spiro atoms. The van der Waals surface area contributed by atoms with Crippen LogP contribution in [0.1, 0.15) is 6.92 Å². The van der Waals surface area contributed by atoms with Crippen molar-refractivity contribution in [2.24, 2.45) is 0 Å². The number of halogens is 1. The first-order valence-electron chi connectivity index (χ1n) is 13.2. The van der Waals surface area contributed by atoms with Gasteiger partial charge in [-0.05, 0) is 30.3 Å². The van der Waals surface area contributed by atoms with Crippen molar-refractivity contribution in [1.29, 1.82) is 0 Å². The van der Waals surface area contributed by atoms with Crippen LogP contribution in [-0.4, -0.2) is 111 Å². The fourth-order valence-corrected chi connectivity index (χ4v) is 4.97. The normalized spacial score (nSPS) is 20.2. The lowest BCUT2D eigenvalue weighted by Gasteiger charge is -2.36. The molecule has 0 saturated carbocycles. The van der Waals surface area contributed by atoms with Crippen molar-refractivity contribution < 1.29 is 28.2 Å². The zero-order valence-electron chi connectivity index (χ0n) is 22.0. The second-order valence-corrected chi connectivity index (χ2v) is 9.88. The number of pyridine rings is 1. The maximum absolute atomic E-state index is 15.1. The number of piperazine rings is 1. The SMILES string of the molecule is CC(=O)NC[C@H]1CN(c2ccc(-c3ccc(N4CCN(C(=O)CN5CCOCC5)CC4)nc3)c(F)c2)C(=O)O1. The molecule has 3 amide bonds. The van der Waals surface area contributed by atoms with Crippen LogP contribution in [0.15, 0.2) is 36.5 Å². The van der Waals surface area contributed by atoms with E-state index in [0.29, 0.717) is 62.8 Å². The lowest BCUT2D eigenvalue weighted by Crippen LogP contribution is -2.52. The van der Waals surface area contributed by atoms with Crippen LogP contribution in [-0.2, 0) is 19.1 Å². The van der Waals surface area contributed by atoms with Crippen LogP contribution in [0.4, 0.5) is 20.7 Å². The van der Waals surface area contributed by atoms with Gasteiger partial charge in [0.25, 0.3) is 0 Å². The van der Waals surface area contributed by atoms with Crippen LogP contribution < -0.4 is 15.1 Å². The van der Waals surface area contributed by atoms with E-state index in [4.69, 9.17) is 9.47 Å². The second kappa shape index (κ2) is 12.0. The van der Waals surface area contributed by atoms with Crippen molar-refractivity contribution in [2.45, 2.75) is 13.0 Å². The quantitative estimate of drug-likeness (QED) is 0.561. The highest BCUT2D eigenvalue weighted by atomic mass is 19.1. The molecule has 0 aliphatic carbocycles. The summed E-state index contributed by atoms with van der Waals surface area (Å²) < 4.78 is 25.7. The van der Waals surface area contributed by atoms with E-state index >= 15 is 4.39 Å². The molecule has 3 aliphatic rings. The molecule has 3 fully saturated rings. The Morgan fingerprint density at radius 2 is 1.85 bits per heavy atom. The van der Waals surface area contributed by atoms with Gasteiger partial charge in [-0.1, -0.05) is 0 Å². The number of anilines is 2. The number of carbonyl (C=O) groups is 3. The Morgan fingerprint density at radius 1 is 1.08 bits per heavy atom. The maximum atomic E-state index is 15.1. The summed E-state index contributed by atoms with van der Waals surface area (Å²) in [5, 5.41) is 2.62. The number of morpholine rings is 1. The molecule has 11 nitrogen and oxygen atoms in total. The molecule has 39 heavy (non-hydrogen) atoms. The van der Waals surface area contributed by atoms with Gasteiger partial charge in [-0.25, -0.2) is 14.2 Å². The fourth-order valence-electron chi connectivity index (χ4n) is 4.97. The predicted octanol–water partition coefficient (Wildman–Crippen LogP) is 1.33. The highest BCUT2D eigenvalue weighted by molar-refractivity contribution is 5.90. The van der Waals surface area contributed by atoms with Crippen LogP contribution in [0, 0.1) is 5.82 Å². The molecule has 3 saturated heterocycles. The molecular weight excluding hydrogens is 507 g/mol. The molecule has 1 N–H and O–H groups in total. The van der Waals surface area contributed by atoms with Gasteiger partial charge in [-0.3, -0.25) is 19.4 Å². The number of nitrogens with one attached hydrogen (secondary N) is 1. The molecule has 1 atom stereocenters. The Kier molecular flexibility index (Phi) is 8.22. The fraction of sp³-hybridized carbons (Fsp3) is 0.481. The molecule has 3 aliphatic heterocycles. The van der Waals surface area contributed by atoms with Gasteiger partial charge < -0.3 is 24.6 Å². The Morgan fingerprint density at radius 3 is 2.51 bits per heavy atom. The van der Waals surface area contributed by atoms with Crippen molar-refractivity contribution in [2.75, 3.05) is 81.9 Å². The third kappa shape index (κ3) is 6.45. The van der Waals surface area contributed by atoms with E-state index in [2.05, 4.69) is 20.1 Å². The van der Waals surface area contributed by atoms with Gasteiger partial charge in [-0.15, -0.1) is 0 Å². The number of cyclic esters (lactones) is 1. The smallest absolute Gasteiger partial charge is 0.414 e. The molecule has 0 unspecified atom stereocenters. The topological polar surface area (TPSA) is 108 Å². The number of hydrogen-bond donors (Lipinski definition) is 1. The minimum Gasteiger partial charge on any atom is -0.442 e. The lowest BCUT2D eigenvalue weighted by atomic mass is 10.1. The number of nitrogens with zero attached hydrogens (tertiary/aromatic N) is 5. The van der Waals surface area contributed by atoms with Crippen LogP contribution >= 0.6 is 0 Å². The van der Waals surface area contributed by atoms with E-state index in [-0.39, 0.29) is 24.9 Å². The highest BCUT2D eigenvalue weighted by Crippen LogP contribution is 2.29. The van der Waals surface area contributed by atoms with E-state index in [1.807, 2.05) is 17.0 Å². The molecule has 5 rings (SSSR count). The Balaban J connectivity index is 1.16. The number of rotatable bonds is 7. The summed E-state index contributed by atoms with van der Waals surface area (Å²) in [4.78, 5) is 48.1. The zero-order valence-corrected chi connectivity index (χ0v) is 22.0. The second-order valence-electron chi connectivity index (χ2n) is 9.88. The zero-order chi connectivity index (χ0) is 27.4. The molecule has 0 bridgehead atoms. The Labute approximate surface area is 226 Å². The van der Waals surface area contributed by atoms with Crippen molar-refractivity contribution in [1.82, 2.24) is 20.1 Å². The third-order valence-electron chi connectivity index (χ3n) is 7.19. The molecule has 4 heterocycles. The number of hydrogen-bond acceptors (Lipinski definition) is 8. The van der Waals surface area contributed by atoms with Gasteiger partial charge in [0, 0.05) is 63.5 Å². The van der Waals surface area contributed by atoms with E-state index in [0.717, 1.165) is 18.9 Å². The standard InChI is InChI=1S/C27H33FN6O5/c1-19(35)29-16-22-17-34(27(37)39-22)21-3-4-23(24(28)14-21)20-2-5-25(30-15-20)32-6-8-33(9-7-32)26(36)18-31-10-12-38-13-11-31/h2-5,14-15,22H,6-13,16-18H2,1H3,(H,29,35)/t22-/m0/s1. The number of carbonyl (C=O) groups excluding carboxylic acids is 3. The summed E-state index contributed by atoms with van der Waals surface area (Å²) in [7, 11) is 0. The first kappa shape index (κ1) is 26.8. The lowest BCUT2D eigenvalue weighted by molar-refractivity contribution is -0.133. The van der Waals surface area contributed by atoms with Crippen LogP contribution in [0.25, 0.3) is 11.1 Å². The number of aromatic nitrogens is 1. The van der Waals surface area contributed by atoms with Crippen molar-refractivity contribution in [3.63, 3.8) is 0 Å². The van der Waals surface area contributed by atoms with E-state index < -0.39 is 18.0 Å². The number of ether oxygens (including phenoxy) is 2. The molecule has 1 aromatic carbocycles. The van der Waals surface area contributed by atoms with Crippen LogP contribution in [0.2, 0.25) is 0 Å². The predicted molar refractivity (Wildman–Crippen MR) is 142 cm³/mol. The van der Waals surface area contributed by atoms with Crippen molar-refractivity contribution >= 4 is 29.4 Å². The average molecular weight is 541 g/mol. The summed E-state index contributed by atoms with van der Waals surface area (Å²) in [6.07, 6.45) is 0.564. The Bertz CT molecular complexity index is 1200. The van der Waals surface area contributed by atoms with E-state index in [1.165, 1.54) is 17.9 Å². The van der Waals surface area contributed by atoms with Gasteiger partial charge in [0.15, 0.2) is 0 Å². The molecule has 12 heteroatoms. The van der Waals surface area contributed by atoms with Crippen molar-refractivity contribution in [3.05, 3.63) is 42.3 Å². The maximum Gasteiger partial charge on any atom is 0.414 e. The first-order valence-corrected chi connectivity index (χ1v) is 13.2. The minimum absolute atomic E-state index is 0.143. The average Bonchev–Trinajstić information content (AvgIpc) is 3.33. The van der Waals surface area contributed by atoms with Gasteiger partial charge in [-0.2, -0.15) is 0 Å². The third-order valence-corrected chi connectivity index (χ3v) is 7.19.